The average Bonchev–Trinajstić information content (AvgIpc) is 3.39. The highest BCUT2D eigenvalue weighted by atomic mass is 16.6. The van der Waals surface area contributed by atoms with Crippen LogP contribution in [0, 0.1) is 5.92 Å². The van der Waals surface area contributed by atoms with Crippen LogP contribution in [-0.2, 0) is 9.53 Å². The molecule has 1 saturated heterocycles. The number of aromatic nitrogens is 2. The Bertz CT molecular complexity index is 629. The fraction of sp³-hybridized carbons (Fsp3) is 0.647. The van der Waals surface area contributed by atoms with Gasteiger partial charge < -0.3 is 19.9 Å². The molecule has 2 aliphatic rings. The van der Waals surface area contributed by atoms with Gasteiger partial charge in [0.2, 0.25) is 11.9 Å². The molecule has 1 N–H and O–H groups in total. The van der Waals surface area contributed by atoms with Crippen LogP contribution in [0.15, 0.2) is 12.4 Å². The molecular formula is C17H25N5O3. The number of carbonyl (C=O) groups is 2. The smallest absolute Gasteiger partial charge is 0.410 e. The maximum Gasteiger partial charge on any atom is 0.410 e. The lowest BCUT2D eigenvalue weighted by molar-refractivity contribution is -0.117. The Balaban J connectivity index is 1.50. The predicted octanol–water partition coefficient (Wildman–Crippen LogP) is 1.88. The molecule has 1 aliphatic heterocycles. The van der Waals surface area contributed by atoms with Gasteiger partial charge in [-0.1, -0.05) is 0 Å². The second-order valence-electron chi connectivity index (χ2n) is 7.49. The van der Waals surface area contributed by atoms with Crippen molar-refractivity contribution in [2.24, 2.45) is 5.92 Å². The molecule has 1 saturated carbocycles. The minimum atomic E-state index is -0.488. The Morgan fingerprint density at radius 1 is 1.12 bits per heavy atom. The average molecular weight is 347 g/mol. The topological polar surface area (TPSA) is 87.7 Å². The van der Waals surface area contributed by atoms with Crippen molar-refractivity contribution in [1.82, 2.24) is 14.9 Å². The van der Waals surface area contributed by atoms with Gasteiger partial charge in [0.15, 0.2) is 0 Å². The Morgan fingerprint density at radius 3 is 2.24 bits per heavy atom. The number of nitrogens with zero attached hydrogens (tertiary/aromatic N) is 4. The molecule has 1 aromatic rings. The van der Waals surface area contributed by atoms with E-state index >= 15 is 0 Å². The number of hydrogen-bond acceptors (Lipinski definition) is 6. The van der Waals surface area contributed by atoms with Gasteiger partial charge in [-0.05, 0) is 33.6 Å². The zero-order valence-corrected chi connectivity index (χ0v) is 15.0. The summed E-state index contributed by atoms with van der Waals surface area (Å²) in [5.41, 5.74) is 0.131. The third-order valence-corrected chi connectivity index (χ3v) is 4.07. The summed E-state index contributed by atoms with van der Waals surface area (Å²) in [5.74, 6) is 0.802. The van der Waals surface area contributed by atoms with E-state index in [0.717, 1.165) is 12.8 Å². The van der Waals surface area contributed by atoms with Gasteiger partial charge in [0, 0.05) is 32.1 Å². The molecule has 1 aliphatic carbocycles. The zero-order chi connectivity index (χ0) is 18.0. The summed E-state index contributed by atoms with van der Waals surface area (Å²) in [7, 11) is 0. The molecule has 1 aromatic heterocycles. The Morgan fingerprint density at radius 2 is 1.72 bits per heavy atom. The molecule has 2 amide bonds. The first-order valence-electron chi connectivity index (χ1n) is 8.67. The van der Waals surface area contributed by atoms with Crippen LogP contribution in [0.5, 0.6) is 0 Å². The molecule has 0 spiro atoms. The summed E-state index contributed by atoms with van der Waals surface area (Å²) >= 11 is 0. The van der Waals surface area contributed by atoms with Crippen LogP contribution < -0.4 is 10.2 Å². The molecule has 2 heterocycles. The molecular weight excluding hydrogens is 322 g/mol. The summed E-state index contributed by atoms with van der Waals surface area (Å²) in [5, 5.41) is 2.83. The summed E-state index contributed by atoms with van der Waals surface area (Å²) in [6, 6.07) is 0. The molecule has 0 atom stereocenters. The fourth-order valence-corrected chi connectivity index (χ4v) is 2.55. The van der Waals surface area contributed by atoms with Crippen molar-refractivity contribution in [2.45, 2.75) is 39.2 Å². The standard InChI is InChI=1S/C17H25N5O3/c1-17(2,3)25-16(24)22-8-6-21(7-9-22)15-18-10-13(11-19-15)20-14(23)12-4-5-12/h10-12H,4-9H2,1-3H3,(H,20,23). The van der Waals surface area contributed by atoms with E-state index in [1.807, 2.05) is 25.7 Å². The van der Waals surface area contributed by atoms with Crippen molar-refractivity contribution in [2.75, 3.05) is 36.4 Å². The van der Waals surface area contributed by atoms with Crippen LogP contribution >= 0.6 is 0 Å². The van der Waals surface area contributed by atoms with Crippen LogP contribution in [-0.4, -0.2) is 58.6 Å². The first-order valence-corrected chi connectivity index (χ1v) is 8.67. The van der Waals surface area contributed by atoms with Gasteiger partial charge in [-0.15, -0.1) is 0 Å². The van der Waals surface area contributed by atoms with E-state index in [1.165, 1.54) is 0 Å². The van der Waals surface area contributed by atoms with Gasteiger partial charge in [0.05, 0.1) is 18.1 Å². The third kappa shape index (κ3) is 4.80. The second-order valence-corrected chi connectivity index (χ2v) is 7.49. The van der Waals surface area contributed by atoms with Crippen molar-refractivity contribution in [3.05, 3.63) is 12.4 Å². The van der Waals surface area contributed by atoms with Crippen molar-refractivity contribution >= 4 is 23.6 Å². The van der Waals surface area contributed by atoms with Gasteiger partial charge in [0.1, 0.15) is 5.60 Å². The molecule has 2 fully saturated rings. The van der Waals surface area contributed by atoms with Gasteiger partial charge in [-0.25, -0.2) is 14.8 Å². The minimum absolute atomic E-state index is 0.0438. The largest absolute Gasteiger partial charge is 0.444 e. The van der Waals surface area contributed by atoms with Crippen LogP contribution in [0.25, 0.3) is 0 Å². The quantitative estimate of drug-likeness (QED) is 0.898. The van der Waals surface area contributed by atoms with E-state index < -0.39 is 5.60 Å². The van der Waals surface area contributed by atoms with E-state index in [-0.39, 0.29) is 17.9 Å². The highest BCUT2D eigenvalue weighted by Crippen LogP contribution is 2.30. The van der Waals surface area contributed by atoms with Gasteiger partial charge in [-0.3, -0.25) is 4.79 Å². The molecule has 3 rings (SSSR count). The molecule has 0 aromatic carbocycles. The number of rotatable bonds is 3. The minimum Gasteiger partial charge on any atom is -0.444 e. The molecule has 136 valence electrons. The first kappa shape index (κ1) is 17.4. The highest BCUT2D eigenvalue weighted by Gasteiger charge is 2.30. The van der Waals surface area contributed by atoms with E-state index in [9.17, 15) is 9.59 Å². The second kappa shape index (κ2) is 6.85. The van der Waals surface area contributed by atoms with E-state index in [0.29, 0.717) is 37.8 Å². The monoisotopic (exact) mass is 347 g/mol. The number of piperazine rings is 1. The van der Waals surface area contributed by atoms with Crippen molar-refractivity contribution in [3.8, 4) is 0 Å². The SMILES string of the molecule is CC(C)(C)OC(=O)N1CCN(c2ncc(NC(=O)C3CC3)cn2)CC1. The molecule has 8 nitrogen and oxygen atoms in total. The van der Waals surface area contributed by atoms with Crippen LogP contribution in [0.3, 0.4) is 0 Å². The van der Waals surface area contributed by atoms with Crippen LogP contribution in [0.4, 0.5) is 16.4 Å². The lowest BCUT2D eigenvalue weighted by atomic mass is 10.2. The highest BCUT2D eigenvalue weighted by molar-refractivity contribution is 5.93. The number of ether oxygens (including phenoxy) is 1. The normalized spacial score (nSPS) is 18.0. The van der Waals surface area contributed by atoms with Crippen molar-refractivity contribution in [1.29, 1.82) is 0 Å². The summed E-state index contributed by atoms with van der Waals surface area (Å²) in [6.45, 7) is 8.01. The fourth-order valence-electron chi connectivity index (χ4n) is 2.55. The van der Waals surface area contributed by atoms with Gasteiger partial charge >= 0.3 is 6.09 Å². The number of nitrogens with one attached hydrogen (secondary N) is 1. The third-order valence-electron chi connectivity index (χ3n) is 4.07. The number of anilines is 2. The Kier molecular flexibility index (Phi) is 4.78. The van der Waals surface area contributed by atoms with E-state index in [1.54, 1.807) is 17.3 Å². The Labute approximate surface area is 147 Å². The molecule has 0 unspecified atom stereocenters. The summed E-state index contributed by atoms with van der Waals surface area (Å²) in [4.78, 5) is 36.2. The zero-order valence-electron chi connectivity index (χ0n) is 15.0. The lowest BCUT2D eigenvalue weighted by Gasteiger charge is -2.35. The Hall–Kier alpha value is -2.38. The number of carbonyl (C=O) groups excluding carboxylic acids is 2. The molecule has 25 heavy (non-hydrogen) atoms. The molecule has 0 radical (unpaired) electrons. The van der Waals surface area contributed by atoms with E-state index in [2.05, 4.69) is 15.3 Å². The first-order chi connectivity index (χ1) is 11.8. The molecule has 8 heteroatoms. The summed E-state index contributed by atoms with van der Waals surface area (Å²) in [6.07, 6.45) is 4.90. The van der Waals surface area contributed by atoms with Crippen LogP contribution in [0.1, 0.15) is 33.6 Å². The lowest BCUT2D eigenvalue weighted by Crippen LogP contribution is -2.50. The van der Waals surface area contributed by atoms with Gasteiger partial charge in [0.25, 0.3) is 0 Å². The summed E-state index contributed by atoms with van der Waals surface area (Å²) < 4.78 is 5.39. The van der Waals surface area contributed by atoms with Gasteiger partial charge in [-0.2, -0.15) is 0 Å². The molecule has 0 bridgehead atoms. The maximum absolute atomic E-state index is 12.1. The van der Waals surface area contributed by atoms with Crippen LogP contribution in [0.2, 0.25) is 0 Å². The van der Waals surface area contributed by atoms with E-state index in [4.69, 9.17) is 4.74 Å². The number of amides is 2. The maximum atomic E-state index is 12.1. The predicted molar refractivity (Wildman–Crippen MR) is 93.4 cm³/mol. The number of hydrogen-bond donors (Lipinski definition) is 1. The van der Waals surface area contributed by atoms with Crippen molar-refractivity contribution < 1.29 is 14.3 Å². The van der Waals surface area contributed by atoms with Crippen molar-refractivity contribution in [3.63, 3.8) is 0 Å².